The highest BCUT2D eigenvalue weighted by molar-refractivity contribution is 6.04. The predicted octanol–water partition coefficient (Wildman–Crippen LogP) is 2.36. The van der Waals surface area contributed by atoms with Crippen molar-refractivity contribution in [2.75, 3.05) is 30.4 Å². The van der Waals surface area contributed by atoms with Crippen molar-refractivity contribution >= 4 is 23.5 Å². The van der Waals surface area contributed by atoms with Crippen LogP contribution < -0.4 is 10.2 Å². The molecule has 1 aromatic heterocycles. The summed E-state index contributed by atoms with van der Waals surface area (Å²) in [6.45, 7) is 5.62. The maximum atomic E-state index is 12.3. The number of esters is 1. The molecule has 2 rings (SSSR count). The number of hydrogen-bond donors (Lipinski definition) is 1. The zero-order chi connectivity index (χ0) is 17.5. The highest BCUT2D eigenvalue weighted by Gasteiger charge is 2.11. The zero-order valence-corrected chi connectivity index (χ0v) is 13.9. The van der Waals surface area contributed by atoms with Gasteiger partial charge >= 0.3 is 5.97 Å². The van der Waals surface area contributed by atoms with Crippen molar-refractivity contribution in [1.82, 2.24) is 9.97 Å². The number of carbonyl (C=O) groups excluding carboxylic acids is 2. The highest BCUT2D eigenvalue weighted by Crippen LogP contribution is 2.13. The van der Waals surface area contributed by atoms with Gasteiger partial charge in [-0.1, -0.05) is 6.07 Å². The molecule has 2 aromatic rings. The minimum atomic E-state index is -0.460. The molecule has 0 fully saturated rings. The molecule has 0 saturated heterocycles. The molecule has 24 heavy (non-hydrogen) atoms. The average Bonchev–Trinajstić information content (AvgIpc) is 2.62. The number of rotatable bonds is 6. The summed E-state index contributed by atoms with van der Waals surface area (Å²) < 4.78 is 4.66. The lowest BCUT2D eigenvalue weighted by molar-refractivity contribution is 0.0600. The summed E-state index contributed by atoms with van der Waals surface area (Å²) in [5, 5.41) is 2.71. The van der Waals surface area contributed by atoms with Crippen LogP contribution in [0.5, 0.6) is 0 Å². The standard InChI is InChI=1S/C17H20N4O3/c1-4-21(5-2)17-18-10-13(11-19-17)15(22)20-14-8-6-7-12(9-14)16(23)24-3/h6-11H,4-5H2,1-3H3,(H,20,22). The van der Waals surface area contributed by atoms with Gasteiger partial charge in [0, 0.05) is 31.2 Å². The normalized spacial score (nSPS) is 10.1. The predicted molar refractivity (Wildman–Crippen MR) is 91.3 cm³/mol. The number of aromatic nitrogens is 2. The van der Waals surface area contributed by atoms with Gasteiger partial charge in [0.15, 0.2) is 0 Å². The summed E-state index contributed by atoms with van der Waals surface area (Å²) >= 11 is 0. The van der Waals surface area contributed by atoms with E-state index in [1.54, 1.807) is 24.3 Å². The Hall–Kier alpha value is -2.96. The maximum absolute atomic E-state index is 12.3. The number of hydrogen-bond acceptors (Lipinski definition) is 6. The molecule has 1 heterocycles. The van der Waals surface area contributed by atoms with Gasteiger partial charge in [-0.2, -0.15) is 0 Å². The van der Waals surface area contributed by atoms with E-state index < -0.39 is 5.97 Å². The molecule has 0 spiro atoms. The van der Waals surface area contributed by atoms with E-state index in [4.69, 9.17) is 0 Å². The van der Waals surface area contributed by atoms with E-state index in [2.05, 4.69) is 20.0 Å². The summed E-state index contributed by atoms with van der Waals surface area (Å²) in [5.41, 5.74) is 1.20. The lowest BCUT2D eigenvalue weighted by Crippen LogP contribution is -2.24. The summed E-state index contributed by atoms with van der Waals surface area (Å²) in [5.74, 6) is -0.217. The van der Waals surface area contributed by atoms with E-state index in [0.717, 1.165) is 13.1 Å². The van der Waals surface area contributed by atoms with Crippen molar-refractivity contribution in [2.24, 2.45) is 0 Å². The van der Waals surface area contributed by atoms with Gasteiger partial charge in [-0.3, -0.25) is 4.79 Å². The van der Waals surface area contributed by atoms with E-state index in [0.29, 0.717) is 22.8 Å². The molecule has 0 radical (unpaired) electrons. The Morgan fingerprint density at radius 2 is 1.79 bits per heavy atom. The fraction of sp³-hybridized carbons (Fsp3) is 0.294. The van der Waals surface area contributed by atoms with Crippen molar-refractivity contribution in [3.8, 4) is 0 Å². The molecular formula is C17H20N4O3. The van der Waals surface area contributed by atoms with Crippen LogP contribution in [0, 0.1) is 0 Å². The number of ether oxygens (including phenoxy) is 1. The summed E-state index contributed by atoms with van der Waals surface area (Å²) in [4.78, 5) is 34.2. The van der Waals surface area contributed by atoms with Gasteiger partial charge in [-0.25, -0.2) is 14.8 Å². The molecule has 7 heteroatoms. The number of nitrogens with one attached hydrogen (secondary N) is 1. The molecule has 126 valence electrons. The second-order valence-electron chi connectivity index (χ2n) is 4.97. The third-order valence-electron chi connectivity index (χ3n) is 3.49. The van der Waals surface area contributed by atoms with Crippen LogP contribution in [0.15, 0.2) is 36.7 Å². The molecule has 0 saturated carbocycles. The lowest BCUT2D eigenvalue weighted by atomic mass is 10.2. The van der Waals surface area contributed by atoms with Crippen molar-refractivity contribution in [3.63, 3.8) is 0 Å². The Morgan fingerprint density at radius 3 is 2.38 bits per heavy atom. The third kappa shape index (κ3) is 4.07. The highest BCUT2D eigenvalue weighted by atomic mass is 16.5. The second-order valence-corrected chi connectivity index (χ2v) is 4.97. The van der Waals surface area contributed by atoms with E-state index in [1.807, 2.05) is 18.7 Å². The van der Waals surface area contributed by atoms with Crippen LogP contribution in [0.2, 0.25) is 0 Å². The number of amides is 1. The summed E-state index contributed by atoms with van der Waals surface area (Å²) in [7, 11) is 1.31. The van der Waals surface area contributed by atoms with Gasteiger partial charge in [0.1, 0.15) is 0 Å². The monoisotopic (exact) mass is 328 g/mol. The van der Waals surface area contributed by atoms with Crippen molar-refractivity contribution in [2.45, 2.75) is 13.8 Å². The van der Waals surface area contributed by atoms with Crippen LogP contribution in [0.3, 0.4) is 0 Å². The lowest BCUT2D eigenvalue weighted by Gasteiger charge is -2.18. The van der Waals surface area contributed by atoms with Crippen LogP contribution in [-0.4, -0.2) is 42.0 Å². The second kappa shape index (κ2) is 8.05. The first kappa shape index (κ1) is 17.4. The van der Waals surface area contributed by atoms with E-state index >= 15 is 0 Å². The number of benzene rings is 1. The van der Waals surface area contributed by atoms with Gasteiger partial charge in [0.25, 0.3) is 5.91 Å². The Morgan fingerprint density at radius 1 is 1.12 bits per heavy atom. The molecule has 1 aromatic carbocycles. The van der Waals surface area contributed by atoms with Gasteiger partial charge in [-0.05, 0) is 32.0 Å². The topological polar surface area (TPSA) is 84.4 Å². The van der Waals surface area contributed by atoms with Crippen LogP contribution in [0.4, 0.5) is 11.6 Å². The molecule has 0 unspecified atom stereocenters. The summed E-state index contributed by atoms with van der Waals surface area (Å²) in [6.07, 6.45) is 2.97. The summed E-state index contributed by atoms with van der Waals surface area (Å²) in [6, 6.07) is 6.52. The molecule has 0 aliphatic carbocycles. The first-order valence-corrected chi connectivity index (χ1v) is 7.65. The van der Waals surface area contributed by atoms with Crippen LogP contribution in [-0.2, 0) is 4.74 Å². The Bertz CT molecular complexity index is 712. The average molecular weight is 328 g/mol. The molecule has 0 aliphatic rings. The van der Waals surface area contributed by atoms with Crippen molar-refractivity contribution in [3.05, 3.63) is 47.8 Å². The number of carbonyl (C=O) groups is 2. The fourth-order valence-electron chi connectivity index (χ4n) is 2.15. The zero-order valence-electron chi connectivity index (χ0n) is 13.9. The number of methoxy groups -OCH3 is 1. The number of nitrogens with zero attached hydrogens (tertiary/aromatic N) is 3. The minimum Gasteiger partial charge on any atom is -0.465 e. The molecule has 0 bridgehead atoms. The molecule has 0 atom stereocenters. The SMILES string of the molecule is CCN(CC)c1ncc(C(=O)Nc2cccc(C(=O)OC)c2)cn1. The molecule has 1 amide bonds. The number of anilines is 2. The largest absolute Gasteiger partial charge is 0.465 e. The Labute approximate surface area is 140 Å². The molecule has 7 nitrogen and oxygen atoms in total. The van der Waals surface area contributed by atoms with E-state index in [-0.39, 0.29) is 5.91 Å². The first-order valence-electron chi connectivity index (χ1n) is 7.65. The quantitative estimate of drug-likeness (QED) is 0.820. The van der Waals surface area contributed by atoms with Crippen molar-refractivity contribution < 1.29 is 14.3 Å². The Balaban J connectivity index is 2.11. The molecule has 0 aliphatic heterocycles. The van der Waals surface area contributed by atoms with Crippen molar-refractivity contribution in [1.29, 1.82) is 0 Å². The maximum Gasteiger partial charge on any atom is 0.337 e. The first-order chi connectivity index (χ1) is 11.6. The van der Waals surface area contributed by atoms with E-state index in [9.17, 15) is 9.59 Å². The van der Waals surface area contributed by atoms with Gasteiger partial charge in [-0.15, -0.1) is 0 Å². The molecule has 1 N–H and O–H groups in total. The molecular weight excluding hydrogens is 308 g/mol. The van der Waals surface area contributed by atoms with E-state index in [1.165, 1.54) is 19.5 Å². The third-order valence-corrected chi connectivity index (χ3v) is 3.49. The Kier molecular flexibility index (Phi) is 5.83. The van der Waals surface area contributed by atoms with Gasteiger partial charge in [0.2, 0.25) is 5.95 Å². The van der Waals surface area contributed by atoms with Gasteiger partial charge in [0.05, 0.1) is 18.2 Å². The minimum absolute atomic E-state index is 0.342. The van der Waals surface area contributed by atoms with Crippen LogP contribution in [0.1, 0.15) is 34.6 Å². The van der Waals surface area contributed by atoms with Crippen LogP contribution in [0.25, 0.3) is 0 Å². The fourth-order valence-corrected chi connectivity index (χ4v) is 2.15. The van der Waals surface area contributed by atoms with Gasteiger partial charge < -0.3 is 15.0 Å². The smallest absolute Gasteiger partial charge is 0.337 e. The van der Waals surface area contributed by atoms with Crippen LogP contribution >= 0.6 is 0 Å².